The molecule has 3 heterocycles. The second-order valence-corrected chi connectivity index (χ2v) is 10.5. The van der Waals surface area contributed by atoms with Crippen LogP contribution in [0, 0.1) is 5.92 Å². The SMILES string of the molecule is C[C@@H](NC(=O)C1CCN(S(=O)(=O)c2cccs2)CC1)c1ccc(-n2ccnc2)cc1. The molecule has 1 aliphatic rings. The van der Waals surface area contributed by atoms with Gasteiger partial charge in [-0.3, -0.25) is 4.79 Å². The standard InChI is InChI=1S/C21H24N4O3S2/c1-16(17-4-6-19(7-5-17)24-13-10-22-15-24)23-21(26)18-8-11-25(12-9-18)30(27,28)20-3-2-14-29-20/h2-7,10,13-16,18H,8-9,11-12H2,1H3,(H,23,26)/t16-/m1/s1. The van der Waals surface area contributed by atoms with Crippen molar-refractivity contribution in [1.29, 1.82) is 0 Å². The Morgan fingerprint density at radius 3 is 2.53 bits per heavy atom. The van der Waals surface area contributed by atoms with Crippen LogP contribution in [0.5, 0.6) is 0 Å². The average molecular weight is 445 g/mol. The van der Waals surface area contributed by atoms with Crippen molar-refractivity contribution in [3.63, 3.8) is 0 Å². The molecule has 0 unspecified atom stereocenters. The predicted molar refractivity (Wildman–Crippen MR) is 116 cm³/mol. The number of hydrogen-bond donors (Lipinski definition) is 1. The van der Waals surface area contributed by atoms with E-state index in [9.17, 15) is 13.2 Å². The highest BCUT2D eigenvalue weighted by molar-refractivity contribution is 7.91. The largest absolute Gasteiger partial charge is 0.349 e. The molecule has 1 fully saturated rings. The number of benzene rings is 1. The molecule has 0 aliphatic carbocycles. The van der Waals surface area contributed by atoms with E-state index in [1.807, 2.05) is 42.0 Å². The lowest BCUT2D eigenvalue weighted by atomic mass is 9.96. The van der Waals surface area contributed by atoms with Crippen molar-refractivity contribution in [1.82, 2.24) is 19.2 Å². The molecular weight excluding hydrogens is 420 g/mol. The fraction of sp³-hybridized carbons (Fsp3) is 0.333. The van der Waals surface area contributed by atoms with Crippen LogP contribution in [-0.2, 0) is 14.8 Å². The Labute approximate surface area is 180 Å². The number of piperidine rings is 1. The van der Waals surface area contributed by atoms with Gasteiger partial charge in [0.15, 0.2) is 0 Å². The molecule has 158 valence electrons. The summed E-state index contributed by atoms with van der Waals surface area (Å²) < 4.78 is 29.0. The number of aromatic nitrogens is 2. The van der Waals surface area contributed by atoms with E-state index in [0.717, 1.165) is 11.3 Å². The lowest BCUT2D eigenvalue weighted by molar-refractivity contribution is -0.126. The second kappa shape index (κ2) is 8.71. The number of carbonyl (C=O) groups is 1. The Morgan fingerprint density at radius 1 is 1.20 bits per heavy atom. The summed E-state index contributed by atoms with van der Waals surface area (Å²) in [5.74, 6) is -0.193. The topological polar surface area (TPSA) is 84.3 Å². The van der Waals surface area contributed by atoms with Crippen molar-refractivity contribution in [2.24, 2.45) is 5.92 Å². The summed E-state index contributed by atoms with van der Waals surface area (Å²) in [6, 6.07) is 11.2. The number of rotatable bonds is 6. The van der Waals surface area contributed by atoms with Gasteiger partial charge in [-0.25, -0.2) is 13.4 Å². The molecule has 30 heavy (non-hydrogen) atoms. The van der Waals surface area contributed by atoms with Gasteiger partial charge in [-0.2, -0.15) is 4.31 Å². The number of sulfonamides is 1. The molecule has 1 saturated heterocycles. The van der Waals surface area contributed by atoms with Gasteiger partial charge in [0.1, 0.15) is 4.21 Å². The number of amides is 1. The van der Waals surface area contributed by atoms with Gasteiger partial charge in [-0.1, -0.05) is 18.2 Å². The maximum atomic E-state index is 12.7. The van der Waals surface area contributed by atoms with E-state index >= 15 is 0 Å². The molecule has 0 radical (unpaired) electrons. The highest BCUT2D eigenvalue weighted by Crippen LogP contribution is 2.27. The first-order valence-electron chi connectivity index (χ1n) is 9.87. The summed E-state index contributed by atoms with van der Waals surface area (Å²) in [5.41, 5.74) is 2.03. The van der Waals surface area contributed by atoms with Crippen molar-refractivity contribution in [2.45, 2.75) is 30.0 Å². The van der Waals surface area contributed by atoms with E-state index in [0.29, 0.717) is 30.1 Å². The van der Waals surface area contributed by atoms with E-state index in [2.05, 4.69) is 10.3 Å². The average Bonchev–Trinajstić information content (AvgIpc) is 3.48. The molecule has 7 nitrogen and oxygen atoms in total. The van der Waals surface area contributed by atoms with Gasteiger partial charge >= 0.3 is 0 Å². The highest BCUT2D eigenvalue weighted by atomic mass is 32.2. The van der Waals surface area contributed by atoms with Gasteiger partial charge in [0, 0.05) is 37.1 Å². The van der Waals surface area contributed by atoms with Crippen LogP contribution in [-0.4, -0.2) is 41.3 Å². The number of imidazole rings is 1. The lowest BCUT2D eigenvalue weighted by Crippen LogP contribution is -2.43. The zero-order valence-corrected chi connectivity index (χ0v) is 18.3. The second-order valence-electron chi connectivity index (χ2n) is 7.40. The third-order valence-corrected chi connectivity index (χ3v) is 8.74. The highest BCUT2D eigenvalue weighted by Gasteiger charge is 2.32. The molecule has 1 N–H and O–H groups in total. The van der Waals surface area contributed by atoms with Gasteiger partial charge < -0.3 is 9.88 Å². The van der Waals surface area contributed by atoms with Crippen molar-refractivity contribution < 1.29 is 13.2 Å². The van der Waals surface area contributed by atoms with Gasteiger partial charge in [-0.15, -0.1) is 11.3 Å². The molecular formula is C21H24N4O3S2. The number of hydrogen-bond acceptors (Lipinski definition) is 5. The third-order valence-electron chi connectivity index (χ3n) is 5.47. The number of carbonyl (C=O) groups excluding carboxylic acids is 1. The molecule has 0 bridgehead atoms. The molecule has 1 amide bonds. The van der Waals surface area contributed by atoms with Crippen LogP contribution >= 0.6 is 11.3 Å². The van der Waals surface area contributed by atoms with Crippen LogP contribution in [0.25, 0.3) is 5.69 Å². The molecule has 1 aromatic carbocycles. The summed E-state index contributed by atoms with van der Waals surface area (Å²) >= 11 is 1.22. The molecule has 4 rings (SSSR count). The molecule has 9 heteroatoms. The van der Waals surface area contributed by atoms with Crippen LogP contribution in [0.3, 0.4) is 0 Å². The normalized spacial score (nSPS) is 17.0. The van der Waals surface area contributed by atoms with Gasteiger partial charge in [0.2, 0.25) is 5.91 Å². The van der Waals surface area contributed by atoms with Crippen LogP contribution in [0.4, 0.5) is 0 Å². The molecule has 2 aromatic heterocycles. The van der Waals surface area contributed by atoms with Crippen molar-refractivity contribution in [2.75, 3.05) is 13.1 Å². The van der Waals surface area contributed by atoms with Crippen LogP contribution in [0.1, 0.15) is 31.4 Å². The van der Waals surface area contributed by atoms with E-state index < -0.39 is 10.0 Å². The zero-order chi connectivity index (χ0) is 21.1. The lowest BCUT2D eigenvalue weighted by Gasteiger charge is -2.30. The van der Waals surface area contributed by atoms with Crippen LogP contribution < -0.4 is 5.32 Å². The first-order chi connectivity index (χ1) is 14.4. The minimum atomic E-state index is -3.44. The van der Waals surface area contributed by atoms with E-state index in [-0.39, 0.29) is 17.9 Å². The fourth-order valence-corrected chi connectivity index (χ4v) is 6.27. The summed E-state index contributed by atoms with van der Waals surface area (Å²) in [4.78, 5) is 16.8. The zero-order valence-electron chi connectivity index (χ0n) is 16.6. The Kier molecular flexibility index (Phi) is 6.03. The van der Waals surface area contributed by atoms with E-state index in [4.69, 9.17) is 0 Å². The Balaban J connectivity index is 1.32. The smallest absolute Gasteiger partial charge is 0.252 e. The monoisotopic (exact) mass is 444 g/mol. The fourth-order valence-electron chi connectivity index (χ4n) is 3.66. The van der Waals surface area contributed by atoms with E-state index in [1.54, 1.807) is 30.0 Å². The minimum absolute atomic E-state index is 0.0191. The molecule has 0 saturated carbocycles. The number of thiophene rings is 1. The van der Waals surface area contributed by atoms with E-state index in [1.165, 1.54) is 15.6 Å². The Bertz CT molecular complexity index is 1070. The van der Waals surface area contributed by atoms with Gasteiger partial charge in [-0.05, 0) is 48.9 Å². The van der Waals surface area contributed by atoms with Crippen molar-refractivity contribution in [3.05, 3.63) is 66.1 Å². The molecule has 3 aromatic rings. The number of nitrogens with zero attached hydrogens (tertiary/aromatic N) is 3. The predicted octanol–water partition coefficient (Wildman–Crippen LogP) is 3.21. The molecule has 0 spiro atoms. The minimum Gasteiger partial charge on any atom is -0.349 e. The van der Waals surface area contributed by atoms with Gasteiger partial charge in [0.05, 0.1) is 12.4 Å². The van der Waals surface area contributed by atoms with Crippen LogP contribution in [0.2, 0.25) is 0 Å². The summed E-state index contributed by atoms with van der Waals surface area (Å²) in [7, 11) is -3.44. The van der Waals surface area contributed by atoms with Crippen molar-refractivity contribution in [3.8, 4) is 5.69 Å². The Morgan fingerprint density at radius 2 is 1.93 bits per heavy atom. The maximum Gasteiger partial charge on any atom is 0.252 e. The van der Waals surface area contributed by atoms with Gasteiger partial charge in [0.25, 0.3) is 10.0 Å². The summed E-state index contributed by atoms with van der Waals surface area (Å²) in [6.07, 6.45) is 6.41. The summed E-state index contributed by atoms with van der Waals surface area (Å²) in [6.45, 7) is 2.69. The third kappa shape index (κ3) is 4.33. The first kappa shape index (κ1) is 20.8. The first-order valence-corrected chi connectivity index (χ1v) is 12.2. The quantitative estimate of drug-likeness (QED) is 0.633. The van der Waals surface area contributed by atoms with Crippen molar-refractivity contribution >= 4 is 27.3 Å². The molecule has 1 aliphatic heterocycles. The molecule has 1 atom stereocenters. The van der Waals surface area contributed by atoms with Crippen LogP contribution in [0.15, 0.2) is 64.7 Å². The number of nitrogens with one attached hydrogen (secondary N) is 1. The maximum absolute atomic E-state index is 12.7. The summed E-state index contributed by atoms with van der Waals surface area (Å²) in [5, 5.41) is 4.84. The Hall–Kier alpha value is -2.49.